The van der Waals surface area contributed by atoms with Gasteiger partial charge in [-0.3, -0.25) is 0 Å². The van der Waals surface area contributed by atoms with E-state index in [1.807, 2.05) is 0 Å². The summed E-state index contributed by atoms with van der Waals surface area (Å²) in [6.45, 7) is 0. The summed E-state index contributed by atoms with van der Waals surface area (Å²) in [4.78, 5) is 0. The highest BCUT2D eigenvalue weighted by molar-refractivity contribution is 5.99. The van der Waals surface area contributed by atoms with Crippen molar-refractivity contribution in [3.05, 3.63) is 59.7 Å². The summed E-state index contributed by atoms with van der Waals surface area (Å²) in [6, 6.07) is 24.4. The van der Waals surface area contributed by atoms with Crippen LogP contribution in [0.15, 0.2) is 48.5 Å². The van der Waals surface area contributed by atoms with Crippen molar-refractivity contribution in [1.82, 2.24) is 0 Å². The summed E-state index contributed by atoms with van der Waals surface area (Å²) >= 11 is 0. The van der Waals surface area contributed by atoms with Crippen molar-refractivity contribution in [2.24, 2.45) is 112 Å². The smallest absolute Gasteiger partial charge is 0.149 e. The Balaban J connectivity index is 0.814. The molecule has 44 heavy (non-hydrogen) atoms. The van der Waals surface area contributed by atoms with Crippen molar-refractivity contribution < 1.29 is 0 Å². The van der Waals surface area contributed by atoms with E-state index in [-0.39, 0.29) is 0 Å². The van der Waals surface area contributed by atoms with Crippen molar-refractivity contribution in [2.45, 2.75) is 43.9 Å². The van der Waals surface area contributed by atoms with E-state index < -0.39 is 5.41 Å². The molecule has 0 saturated heterocycles. The predicted molar refractivity (Wildman–Crippen MR) is 166 cm³/mol. The van der Waals surface area contributed by atoms with Crippen molar-refractivity contribution in [1.29, 1.82) is 10.5 Å². The van der Waals surface area contributed by atoms with Crippen molar-refractivity contribution in [3.8, 4) is 12.1 Å². The first-order valence-electron chi connectivity index (χ1n) is 18.5. The molecule has 216 valence electrons. The number of rotatable bonds is 0. The fourth-order valence-corrected chi connectivity index (χ4v) is 18.6. The van der Waals surface area contributed by atoms with Gasteiger partial charge in [0, 0.05) is 0 Å². The normalized spacial score (nSPS) is 58.1. The summed E-state index contributed by atoms with van der Waals surface area (Å²) in [5.41, 5.74) is 2.87. The van der Waals surface area contributed by atoms with Gasteiger partial charge >= 0.3 is 0 Å². The average molecular weight is 571 g/mol. The van der Waals surface area contributed by atoms with Gasteiger partial charge in [0.15, 0.2) is 0 Å². The Bertz CT molecular complexity index is 1870. The quantitative estimate of drug-likeness (QED) is 0.155. The molecule has 3 aromatic rings. The van der Waals surface area contributed by atoms with Gasteiger partial charge in [0.25, 0.3) is 0 Å². The lowest BCUT2D eigenvalue weighted by Gasteiger charge is -2.75. The molecule has 0 N–H and O–H groups in total. The van der Waals surface area contributed by atoms with Crippen LogP contribution in [0.25, 0.3) is 21.5 Å². The first-order chi connectivity index (χ1) is 21.7. The highest BCUT2D eigenvalue weighted by atomic mass is 14.9. The van der Waals surface area contributed by atoms with Crippen molar-refractivity contribution in [3.63, 3.8) is 0 Å². The fraction of sp³-hybridized carbons (Fsp3) is 0.619. The lowest BCUT2D eigenvalue weighted by atomic mass is 9.29. The number of nitrogens with zero attached hydrogens (tertiary/aromatic N) is 2. The van der Waals surface area contributed by atoms with Gasteiger partial charge in [-0.2, -0.15) is 10.5 Å². The minimum atomic E-state index is -0.633. The number of fused-ring (bicyclic) bond motifs is 37. The third kappa shape index (κ3) is 1.95. The third-order valence-electron chi connectivity index (χ3n) is 18.8. The van der Waals surface area contributed by atoms with Gasteiger partial charge in [0.1, 0.15) is 5.41 Å². The minimum Gasteiger partial charge on any atom is -0.197 e. The van der Waals surface area contributed by atoms with Crippen LogP contribution in [0.5, 0.6) is 0 Å². The van der Waals surface area contributed by atoms with E-state index in [4.69, 9.17) is 0 Å². The Kier molecular flexibility index (Phi) is 3.43. The number of benzene rings is 3. The van der Waals surface area contributed by atoms with E-state index in [1.54, 1.807) is 17.5 Å². The number of hydrogen-bond acceptors (Lipinski definition) is 2. The van der Waals surface area contributed by atoms with Crippen LogP contribution in [0.3, 0.4) is 0 Å². The monoisotopic (exact) mass is 570 g/mol. The van der Waals surface area contributed by atoms with E-state index in [0.717, 1.165) is 107 Å². The molecule has 0 radical (unpaired) electrons. The highest BCUT2D eigenvalue weighted by Gasteiger charge is 2.86. The molecule has 0 amide bonds. The van der Waals surface area contributed by atoms with Gasteiger partial charge in [-0.1, -0.05) is 36.4 Å². The van der Waals surface area contributed by atoms with Gasteiger partial charge in [0.2, 0.25) is 0 Å². The largest absolute Gasteiger partial charge is 0.197 e. The van der Waals surface area contributed by atoms with Crippen LogP contribution >= 0.6 is 0 Å². The predicted octanol–water partition coefficient (Wildman–Crippen LogP) is 8.39. The first-order valence-corrected chi connectivity index (χ1v) is 18.5. The number of nitriles is 2. The van der Waals surface area contributed by atoms with E-state index >= 15 is 0 Å². The van der Waals surface area contributed by atoms with E-state index in [0.29, 0.717) is 11.8 Å². The number of hydrogen-bond donors (Lipinski definition) is 0. The molecule has 2 heteroatoms. The summed E-state index contributed by atoms with van der Waals surface area (Å²) < 4.78 is 0. The molecule has 14 rings (SSSR count). The van der Waals surface area contributed by atoms with Crippen molar-refractivity contribution >= 4 is 21.5 Å². The lowest BCUT2D eigenvalue weighted by molar-refractivity contribution is -0.286. The zero-order chi connectivity index (χ0) is 28.1. The van der Waals surface area contributed by atoms with Gasteiger partial charge < -0.3 is 0 Å². The molecule has 0 spiro atoms. The first kappa shape index (κ1) is 22.6. The topological polar surface area (TPSA) is 47.6 Å². The van der Waals surface area contributed by atoms with Gasteiger partial charge in [-0.05, 0) is 195 Å². The van der Waals surface area contributed by atoms with Gasteiger partial charge in [-0.25, -0.2) is 0 Å². The molecule has 3 aromatic carbocycles. The van der Waals surface area contributed by atoms with E-state index in [9.17, 15) is 10.5 Å². The Hall–Kier alpha value is -2.84. The van der Waals surface area contributed by atoms with E-state index in [2.05, 4.69) is 60.7 Å². The van der Waals surface area contributed by atoms with Crippen LogP contribution in [-0.4, -0.2) is 0 Å². The van der Waals surface area contributed by atoms with Gasteiger partial charge in [-0.15, -0.1) is 0 Å². The third-order valence-corrected chi connectivity index (χ3v) is 18.8. The van der Waals surface area contributed by atoms with E-state index in [1.165, 1.54) is 47.2 Å². The summed E-state index contributed by atoms with van der Waals surface area (Å²) in [5, 5.41) is 26.3. The molecule has 10 saturated carbocycles. The average Bonchev–Trinajstić information content (AvgIpc) is 3.88. The Labute approximate surface area is 259 Å². The zero-order valence-electron chi connectivity index (χ0n) is 25.1. The maximum absolute atomic E-state index is 10.3. The van der Waals surface area contributed by atoms with Crippen LogP contribution < -0.4 is 0 Å². The van der Waals surface area contributed by atoms with Crippen LogP contribution in [0.2, 0.25) is 0 Å². The molecule has 2 nitrogen and oxygen atoms in total. The molecule has 8 bridgehead atoms. The molecular formula is C42H38N2. The molecule has 0 heterocycles. The summed E-state index contributed by atoms with van der Waals surface area (Å²) in [7, 11) is 0. The standard InChI is InChI=1S/C42H38N2/c43-14-42(15-44)28-5-6-29(42)31-25-12-24(30(28)31)36-37(25)41-39-27-13-26(38(39)40(36)41)34-32-22-11-23(33(32)35(27)34)21-10-19-8-17-4-2-1-3-16(17)7-18(19)9-20(21)22/h1-4,7-10,22-41H,5-6,11-13H2/t22-,23+,24+,25-,26-,27+,28-,29+,30+,31-,32-,33+,34+,35-,36+,37-,38-,39+,40-,41-/m0/s1. The van der Waals surface area contributed by atoms with Crippen LogP contribution in [-0.2, 0) is 0 Å². The zero-order valence-corrected chi connectivity index (χ0v) is 25.1. The molecule has 11 aliphatic carbocycles. The SMILES string of the molecule is N#CC1(C#N)[C@@H]2CC[C@H]1[C@H]1[C@H]3C[C@H]([C@H]4[C@@H]3[C@H]3[C@H]5[C@H]6C[C@@H]([C@H]5[C@H]43)[C@@H]3[C@H]6[C@@H]4[C@H]3[C@@H]3C[C@H]4c4cc5cc6ccccc6cc5cc43)[C@H]12. The lowest BCUT2D eigenvalue weighted by Crippen LogP contribution is -2.72. The molecule has 0 aromatic heterocycles. The molecule has 10 fully saturated rings. The second kappa shape index (κ2) is 6.66. The summed E-state index contributed by atoms with van der Waals surface area (Å²) in [5.74, 6) is 18.0. The minimum absolute atomic E-state index is 0.401. The van der Waals surface area contributed by atoms with Crippen LogP contribution in [0.1, 0.15) is 55.1 Å². The molecule has 0 aliphatic heterocycles. The fourth-order valence-electron chi connectivity index (χ4n) is 18.6. The molecule has 0 unspecified atom stereocenters. The van der Waals surface area contributed by atoms with Crippen LogP contribution in [0.4, 0.5) is 0 Å². The second-order valence-corrected chi connectivity index (χ2v) is 18.4. The Morgan fingerprint density at radius 1 is 0.477 bits per heavy atom. The Morgan fingerprint density at radius 2 is 0.909 bits per heavy atom. The maximum Gasteiger partial charge on any atom is 0.149 e. The van der Waals surface area contributed by atoms with Gasteiger partial charge in [0.05, 0.1) is 12.1 Å². The van der Waals surface area contributed by atoms with Crippen molar-refractivity contribution in [2.75, 3.05) is 0 Å². The Morgan fingerprint density at radius 3 is 1.36 bits per heavy atom. The summed E-state index contributed by atoms with van der Waals surface area (Å²) in [6.07, 6.45) is 6.86. The maximum atomic E-state index is 10.3. The molecular weight excluding hydrogens is 532 g/mol. The molecule has 20 atom stereocenters. The van der Waals surface area contributed by atoms with Crippen LogP contribution in [0, 0.1) is 135 Å². The highest BCUT2D eigenvalue weighted by Crippen LogP contribution is 2.90. The second-order valence-electron chi connectivity index (χ2n) is 18.4. The molecule has 11 aliphatic rings.